The van der Waals surface area contributed by atoms with Crippen LogP contribution in [0.3, 0.4) is 0 Å². The number of nitrogens with one attached hydrogen (secondary N) is 1. The fourth-order valence-corrected chi connectivity index (χ4v) is 5.39. The molecule has 2 amide bonds. The number of ether oxygens (including phenoxy) is 3. The molecule has 0 heterocycles. The first kappa shape index (κ1) is 33.3. The van der Waals surface area contributed by atoms with Crippen LogP contribution in [0.25, 0.3) is 0 Å². The maximum atomic E-state index is 14.3. The molecule has 0 fully saturated rings. The van der Waals surface area contributed by atoms with Crippen molar-refractivity contribution in [3.63, 3.8) is 0 Å². The summed E-state index contributed by atoms with van der Waals surface area (Å²) in [4.78, 5) is 29.6. The molecule has 0 aliphatic heterocycles. The molecule has 3 aromatic rings. The van der Waals surface area contributed by atoms with Crippen molar-refractivity contribution in [1.82, 2.24) is 10.2 Å². The van der Waals surface area contributed by atoms with Crippen LogP contribution in [0.1, 0.15) is 31.4 Å². The van der Waals surface area contributed by atoms with E-state index in [1.54, 1.807) is 37.4 Å². The Hall–Kier alpha value is -4.25. The van der Waals surface area contributed by atoms with Gasteiger partial charge in [-0.05, 0) is 48.7 Å². The normalized spacial score (nSPS) is 12.5. The molecule has 0 saturated carbocycles. The minimum Gasteiger partial charge on any atom is -0.497 e. The van der Waals surface area contributed by atoms with Gasteiger partial charge in [0.25, 0.3) is 0 Å². The molecule has 0 radical (unpaired) electrons. The number of amides is 2. The van der Waals surface area contributed by atoms with Crippen LogP contribution in [-0.2, 0) is 32.6 Å². The Balaban J connectivity index is 2.13. The first-order valence-corrected chi connectivity index (χ1v) is 15.8. The van der Waals surface area contributed by atoms with Crippen molar-refractivity contribution >= 4 is 27.5 Å². The lowest BCUT2D eigenvalue weighted by Gasteiger charge is -2.34. The van der Waals surface area contributed by atoms with Crippen molar-refractivity contribution in [2.45, 2.75) is 45.3 Å². The molecular formula is C32H41N3O7S. The molecule has 10 nitrogen and oxygen atoms in total. The van der Waals surface area contributed by atoms with Gasteiger partial charge in [-0.15, -0.1) is 0 Å². The summed E-state index contributed by atoms with van der Waals surface area (Å²) >= 11 is 0. The Morgan fingerprint density at radius 1 is 0.860 bits per heavy atom. The average molecular weight is 612 g/mol. The lowest BCUT2D eigenvalue weighted by atomic mass is 10.0. The average Bonchev–Trinajstić information content (AvgIpc) is 3.00. The minimum atomic E-state index is -3.99. The van der Waals surface area contributed by atoms with E-state index in [0.717, 1.165) is 16.1 Å². The van der Waals surface area contributed by atoms with Gasteiger partial charge in [0.2, 0.25) is 21.8 Å². The minimum absolute atomic E-state index is 0.0360. The summed E-state index contributed by atoms with van der Waals surface area (Å²) in [6.07, 6.45) is 1.94. The van der Waals surface area contributed by atoms with Crippen molar-refractivity contribution < 1.29 is 32.2 Å². The van der Waals surface area contributed by atoms with Crippen LogP contribution in [0, 0.1) is 0 Å². The predicted molar refractivity (Wildman–Crippen MR) is 167 cm³/mol. The van der Waals surface area contributed by atoms with Gasteiger partial charge in [-0.2, -0.15) is 0 Å². The number of hydrogen-bond donors (Lipinski definition) is 1. The highest BCUT2D eigenvalue weighted by atomic mass is 32.2. The van der Waals surface area contributed by atoms with E-state index in [-0.39, 0.29) is 36.4 Å². The monoisotopic (exact) mass is 611 g/mol. The molecule has 0 saturated heterocycles. The third-order valence-electron chi connectivity index (χ3n) is 7.09. The fraction of sp³-hybridized carbons (Fsp3) is 0.375. The van der Waals surface area contributed by atoms with Gasteiger partial charge in [-0.3, -0.25) is 13.9 Å². The number of methoxy groups -OCH3 is 3. The van der Waals surface area contributed by atoms with Crippen molar-refractivity contribution in [2.75, 3.05) is 38.4 Å². The van der Waals surface area contributed by atoms with Gasteiger partial charge in [0, 0.05) is 25.1 Å². The number of benzene rings is 3. The van der Waals surface area contributed by atoms with E-state index in [2.05, 4.69) is 5.32 Å². The molecule has 0 spiro atoms. The van der Waals surface area contributed by atoms with Gasteiger partial charge in [-0.1, -0.05) is 49.4 Å². The second-order valence-corrected chi connectivity index (χ2v) is 12.1. The zero-order valence-electron chi connectivity index (χ0n) is 25.6. The number of carbonyl (C=O) groups excluding carboxylic acids is 2. The molecule has 0 bridgehead atoms. The summed E-state index contributed by atoms with van der Waals surface area (Å²) in [5.74, 6) is 0.318. The zero-order chi connectivity index (χ0) is 31.6. The molecule has 2 unspecified atom stereocenters. The Morgan fingerprint density at radius 2 is 1.51 bits per heavy atom. The van der Waals surface area contributed by atoms with Gasteiger partial charge in [0.05, 0.1) is 33.3 Å². The maximum absolute atomic E-state index is 14.3. The number of rotatable bonds is 15. The first-order valence-electron chi connectivity index (χ1n) is 14.0. The summed E-state index contributed by atoms with van der Waals surface area (Å²) in [6, 6.07) is 20.2. The molecule has 3 rings (SSSR count). The Kier molecular flexibility index (Phi) is 11.8. The number of nitrogens with zero attached hydrogens (tertiary/aromatic N) is 2. The van der Waals surface area contributed by atoms with Crippen LogP contribution < -0.4 is 23.8 Å². The number of anilines is 1. The Morgan fingerprint density at radius 3 is 2.12 bits per heavy atom. The van der Waals surface area contributed by atoms with Crippen LogP contribution in [0.15, 0.2) is 72.8 Å². The number of hydrogen-bond acceptors (Lipinski definition) is 7. The second-order valence-electron chi connectivity index (χ2n) is 10.2. The lowest BCUT2D eigenvalue weighted by Crippen LogP contribution is -2.54. The number of carbonyl (C=O) groups is 2. The van der Waals surface area contributed by atoms with Crippen molar-refractivity contribution in [3.05, 3.63) is 83.9 Å². The molecule has 0 aliphatic carbocycles. The molecular weight excluding hydrogens is 570 g/mol. The van der Waals surface area contributed by atoms with Crippen molar-refractivity contribution in [3.8, 4) is 17.2 Å². The summed E-state index contributed by atoms with van der Waals surface area (Å²) in [7, 11) is 0.436. The highest BCUT2D eigenvalue weighted by Crippen LogP contribution is 2.34. The van der Waals surface area contributed by atoms with Crippen molar-refractivity contribution in [1.29, 1.82) is 0 Å². The molecule has 3 aromatic carbocycles. The third-order valence-corrected chi connectivity index (χ3v) is 8.22. The predicted octanol–water partition coefficient (Wildman–Crippen LogP) is 4.03. The van der Waals surface area contributed by atoms with Gasteiger partial charge in [-0.25, -0.2) is 8.42 Å². The van der Waals surface area contributed by atoms with E-state index in [9.17, 15) is 18.0 Å². The largest absolute Gasteiger partial charge is 0.497 e. The zero-order valence-corrected chi connectivity index (χ0v) is 26.4. The van der Waals surface area contributed by atoms with Gasteiger partial charge < -0.3 is 24.4 Å². The van der Waals surface area contributed by atoms with Crippen LogP contribution in [0.2, 0.25) is 0 Å². The summed E-state index contributed by atoms with van der Waals surface area (Å²) in [5.41, 5.74) is 1.71. The van der Waals surface area contributed by atoms with E-state index in [1.807, 2.05) is 50.2 Å². The second kappa shape index (κ2) is 15.3. The van der Waals surface area contributed by atoms with Crippen molar-refractivity contribution in [2.24, 2.45) is 0 Å². The summed E-state index contributed by atoms with van der Waals surface area (Å²) in [5, 5.41) is 3.02. The van der Waals surface area contributed by atoms with E-state index < -0.39 is 28.5 Å². The molecule has 0 aromatic heterocycles. The van der Waals surface area contributed by atoms with E-state index in [1.165, 1.54) is 25.2 Å². The Bertz CT molecular complexity index is 1480. The summed E-state index contributed by atoms with van der Waals surface area (Å²) in [6.45, 7) is 3.32. The molecule has 11 heteroatoms. The lowest BCUT2D eigenvalue weighted by molar-refractivity contribution is -0.140. The number of sulfonamides is 1. The van der Waals surface area contributed by atoms with Crippen LogP contribution in [-0.4, -0.2) is 71.3 Å². The van der Waals surface area contributed by atoms with E-state index in [0.29, 0.717) is 23.5 Å². The van der Waals surface area contributed by atoms with Gasteiger partial charge in [0.1, 0.15) is 29.8 Å². The van der Waals surface area contributed by atoms with Gasteiger partial charge in [0.15, 0.2) is 0 Å². The van der Waals surface area contributed by atoms with E-state index >= 15 is 0 Å². The van der Waals surface area contributed by atoms with E-state index in [4.69, 9.17) is 14.2 Å². The fourth-order valence-electron chi connectivity index (χ4n) is 4.55. The topological polar surface area (TPSA) is 114 Å². The van der Waals surface area contributed by atoms with Crippen LogP contribution in [0.5, 0.6) is 17.2 Å². The van der Waals surface area contributed by atoms with Crippen LogP contribution >= 0.6 is 0 Å². The van der Waals surface area contributed by atoms with Crippen LogP contribution in [0.4, 0.5) is 5.69 Å². The molecule has 232 valence electrons. The summed E-state index contributed by atoms with van der Waals surface area (Å²) < 4.78 is 43.4. The standard InChI is InChI=1S/C32H41N3O7S/c1-7-23(2)33-32(37)29(19-24-12-9-8-10-13-24)34(21-25-14-11-15-26(18-25)40-3)31(36)22-35(43(6,38)39)28-20-27(41-4)16-17-30(28)42-5/h8-18,20,23,29H,7,19,21-22H2,1-6H3,(H,33,37). The molecule has 43 heavy (non-hydrogen) atoms. The highest BCUT2D eigenvalue weighted by Gasteiger charge is 2.34. The first-order chi connectivity index (χ1) is 20.5. The SMILES string of the molecule is CCC(C)NC(=O)C(Cc1ccccc1)N(Cc1cccc(OC)c1)C(=O)CN(c1cc(OC)ccc1OC)S(C)(=O)=O. The maximum Gasteiger partial charge on any atom is 0.244 e. The smallest absolute Gasteiger partial charge is 0.244 e. The highest BCUT2D eigenvalue weighted by molar-refractivity contribution is 7.92. The Labute approximate surface area is 254 Å². The third kappa shape index (κ3) is 9.12. The quantitative estimate of drug-likeness (QED) is 0.276. The van der Waals surface area contributed by atoms with Gasteiger partial charge >= 0.3 is 0 Å². The molecule has 0 aliphatic rings. The molecule has 2 atom stereocenters. The molecule has 1 N–H and O–H groups in total.